The predicted molar refractivity (Wildman–Crippen MR) is 36.5 cm³/mol. The van der Waals surface area contributed by atoms with Gasteiger partial charge in [0, 0.05) is 17.1 Å². The first kappa shape index (κ1) is 6.55. The summed E-state index contributed by atoms with van der Waals surface area (Å²) in [6.07, 6.45) is 3.24. The van der Waals surface area contributed by atoms with Crippen LogP contribution >= 0.6 is 0 Å². The van der Waals surface area contributed by atoms with Gasteiger partial charge >= 0.3 is 0 Å². The molecule has 2 nitrogen and oxygen atoms in total. The minimum atomic E-state index is -0.789. The van der Waals surface area contributed by atoms with Crippen LogP contribution in [0.1, 0.15) is 5.76 Å². The second-order valence-corrected chi connectivity index (χ2v) is 3.23. The molecule has 1 atom stereocenters. The first-order chi connectivity index (χ1) is 4.29. The highest BCUT2D eigenvalue weighted by Gasteiger charge is 1.95. The van der Waals surface area contributed by atoms with Crippen LogP contribution in [0, 0.1) is 0 Å². The molecule has 0 saturated carbocycles. The topological polar surface area (TPSA) is 30.2 Å². The van der Waals surface area contributed by atoms with Gasteiger partial charge in [0.1, 0.15) is 5.76 Å². The second kappa shape index (κ2) is 2.82. The minimum absolute atomic E-state index is 0.521. The summed E-state index contributed by atoms with van der Waals surface area (Å²) in [7, 11) is -0.789. The van der Waals surface area contributed by atoms with E-state index in [4.69, 9.17) is 4.42 Å². The molecule has 0 fully saturated rings. The molecule has 0 spiro atoms. The Morgan fingerprint density at radius 3 is 3.00 bits per heavy atom. The fraction of sp³-hybridized carbons (Fsp3) is 0.333. The van der Waals surface area contributed by atoms with Crippen LogP contribution < -0.4 is 0 Å². The molecule has 1 aromatic heterocycles. The Bertz CT molecular complexity index is 191. The second-order valence-electron chi connectivity index (χ2n) is 1.80. The fourth-order valence-corrected chi connectivity index (χ4v) is 1.16. The first-order valence-corrected chi connectivity index (χ1v) is 4.34. The summed E-state index contributed by atoms with van der Waals surface area (Å²) in [6.45, 7) is 0. The van der Waals surface area contributed by atoms with Crippen LogP contribution in [0.4, 0.5) is 0 Å². The summed E-state index contributed by atoms with van der Waals surface area (Å²) in [6, 6.07) is 3.61. The molecule has 1 heterocycles. The zero-order chi connectivity index (χ0) is 6.69. The smallest absolute Gasteiger partial charge is 0.116 e. The number of rotatable bonds is 2. The molecule has 9 heavy (non-hydrogen) atoms. The molecule has 0 radical (unpaired) electrons. The van der Waals surface area contributed by atoms with Crippen LogP contribution in [0.5, 0.6) is 0 Å². The van der Waals surface area contributed by atoms with Gasteiger partial charge in [-0.1, -0.05) is 0 Å². The average Bonchev–Trinajstić information content (AvgIpc) is 2.15. The zero-order valence-electron chi connectivity index (χ0n) is 5.16. The highest BCUT2D eigenvalue weighted by molar-refractivity contribution is 7.83. The third-order valence-corrected chi connectivity index (χ3v) is 1.62. The fourth-order valence-electron chi connectivity index (χ4n) is 0.595. The van der Waals surface area contributed by atoms with E-state index in [1.54, 1.807) is 18.6 Å². The van der Waals surface area contributed by atoms with Crippen molar-refractivity contribution in [1.82, 2.24) is 0 Å². The Kier molecular flexibility index (Phi) is 2.05. The van der Waals surface area contributed by atoms with Gasteiger partial charge in [-0.2, -0.15) is 0 Å². The molecule has 0 N–H and O–H groups in total. The van der Waals surface area contributed by atoms with Gasteiger partial charge in [0.2, 0.25) is 0 Å². The standard InChI is InChI=1S/C6H8O2S/c1-9(7)5-6-3-2-4-8-6/h2-4H,5H2,1H3. The van der Waals surface area contributed by atoms with Crippen molar-refractivity contribution >= 4 is 10.8 Å². The van der Waals surface area contributed by atoms with Crippen molar-refractivity contribution in [3.05, 3.63) is 24.2 Å². The molecule has 0 aliphatic heterocycles. The molecule has 0 saturated heterocycles. The molecular weight excluding hydrogens is 136 g/mol. The van der Waals surface area contributed by atoms with E-state index in [9.17, 15) is 4.21 Å². The molecule has 0 aliphatic carbocycles. The lowest BCUT2D eigenvalue weighted by Crippen LogP contribution is -1.88. The summed E-state index contributed by atoms with van der Waals surface area (Å²) >= 11 is 0. The van der Waals surface area contributed by atoms with E-state index >= 15 is 0 Å². The third-order valence-electron chi connectivity index (χ3n) is 0.926. The van der Waals surface area contributed by atoms with Crippen LogP contribution in [0.2, 0.25) is 0 Å². The number of hydrogen-bond acceptors (Lipinski definition) is 2. The van der Waals surface area contributed by atoms with Crippen molar-refractivity contribution in [3.8, 4) is 0 Å². The Morgan fingerprint density at radius 1 is 1.78 bits per heavy atom. The summed E-state index contributed by atoms with van der Waals surface area (Å²) in [4.78, 5) is 0. The van der Waals surface area contributed by atoms with Gasteiger partial charge in [-0.15, -0.1) is 0 Å². The maximum atomic E-state index is 10.6. The lowest BCUT2D eigenvalue weighted by Gasteiger charge is -1.87. The zero-order valence-corrected chi connectivity index (χ0v) is 5.98. The van der Waals surface area contributed by atoms with Gasteiger partial charge < -0.3 is 4.42 Å². The third kappa shape index (κ3) is 2.01. The van der Waals surface area contributed by atoms with Crippen molar-refractivity contribution in [3.63, 3.8) is 0 Å². The quantitative estimate of drug-likeness (QED) is 0.623. The Labute approximate surface area is 56.3 Å². The van der Waals surface area contributed by atoms with Crippen molar-refractivity contribution in [2.75, 3.05) is 6.26 Å². The number of hydrogen-bond donors (Lipinski definition) is 0. The van der Waals surface area contributed by atoms with E-state index in [1.807, 2.05) is 6.07 Å². The van der Waals surface area contributed by atoms with E-state index in [-0.39, 0.29) is 0 Å². The maximum absolute atomic E-state index is 10.6. The van der Waals surface area contributed by atoms with Crippen molar-refractivity contribution in [2.24, 2.45) is 0 Å². The Morgan fingerprint density at radius 2 is 2.56 bits per heavy atom. The van der Waals surface area contributed by atoms with E-state index in [1.165, 1.54) is 0 Å². The first-order valence-electron chi connectivity index (χ1n) is 2.61. The largest absolute Gasteiger partial charge is 0.468 e. The molecule has 50 valence electrons. The monoisotopic (exact) mass is 144 g/mol. The predicted octanol–water partition coefficient (Wildman–Crippen LogP) is 1.16. The molecule has 0 amide bonds. The van der Waals surface area contributed by atoms with Crippen LogP contribution in [-0.2, 0) is 16.6 Å². The molecule has 0 bridgehead atoms. The van der Waals surface area contributed by atoms with Crippen LogP contribution in [-0.4, -0.2) is 10.5 Å². The molecule has 1 unspecified atom stereocenters. The van der Waals surface area contributed by atoms with Crippen molar-refractivity contribution in [2.45, 2.75) is 5.75 Å². The lowest BCUT2D eigenvalue weighted by molar-refractivity contribution is 0.528. The normalized spacial score (nSPS) is 13.4. The van der Waals surface area contributed by atoms with E-state index < -0.39 is 10.8 Å². The Balaban J connectivity index is 2.58. The van der Waals surface area contributed by atoms with Crippen molar-refractivity contribution < 1.29 is 8.63 Å². The van der Waals surface area contributed by atoms with Crippen LogP contribution in [0.15, 0.2) is 22.8 Å². The maximum Gasteiger partial charge on any atom is 0.116 e. The van der Waals surface area contributed by atoms with Gasteiger partial charge in [0.25, 0.3) is 0 Å². The molecule has 1 rings (SSSR count). The Hall–Kier alpha value is -0.570. The molecule has 0 aromatic carbocycles. The van der Waals surface area contributed by atoms with E-state index in [0.29, 0.717) is 5.75 Å². The highest BCUT2D eigenvalue weighted by Crippen LogP contribution is 2.01. The van der Waals surface area contributed by atoms with Crippen LogP contribution in [0.3, 0.4) is 0 Å². The molecule has 0 aliphatic rings. The summed E-state index contributed by atoms with van der Waals surface area (Å²) in [5.74, 6) is 1.31. The molecular formula is C6H8O2S. The SMILES string of the molecule is CS(=O)Cc1ccco1. The highest BCUT2D eigenvalue weighted by atomic mass is 32.2. The van der Waals surface area contributed by atoms with Gasteiger partial charge in [0.05, 0.1) is 12.0 Å². The summed E-state index contributed by atoms with van der Waals surface area (Å²) in [5.41, 5.74) is 0. The number of furan rings is 1. The lowest BCUT2D eigenvalue weighted by atomic mass is 10.5. The molecule has 3 heteroatoms. The van der Waals surface area contributed by atoms with Gasteiger partial charge in [-0.25, -0.2) is 0 Å². The molecule has 1 aromatic rings. The van der Waals surface area contributed by atoms with Gasteiger partial charge in [0.15, 0.2) is 0 Å². The average molecular weight is 144 g/mol. The summed E-state index contributed by atoms with van der Waals surface area (Å²) in [5, 5.41) is 0. The summed E-state index contributed by atoms with van der Waals surface area (Å²) < 4.78 is 15.5. The van der Waals surface area contributed by atoms with Crippen LogP contribution in [0.25, 0.3) is 0 Å². The van der Waals surface area contributed by atoms with Gasteiger partial charge in [-0.3, -0.25) is 4.21 Å². The van der Waals surface area contributed by atoms with Crippen molar-refractivity contribution in [1.29, 1.82) is 0 Å². The van der Waals surface area contributed by atoms with Gasteiger partial charge in [-0.05, 0) is 12.1 Å². The van der Waals surface area contributed by atoms with E-state index in [0.717, 1.165) is 5.76 Å². The minimum Gasteiger partial charge on any atom is -0.468 e. The van der Waals surface area contributed by atoms with E-state index in [2.05, 4.69) is 0 Å².